The van der Waals surface area contributed by atoms with Crippen LogP contribution in [0.25, 0.3) is 0 Å². The molecule has 14 heavy (non-hydrogen) atoms. The zero-order valence-electron chi connectivity index (χ0n) is 9.62. The minimum atomic E-state index is 0.400. The van der Waals surface area contributed by atoms with Gasteiger partial charge in [-0.25, -0.2) is 0 Å². The minimum Gasteiger partial charge on any atom is -0.379 e. The van der Waals surface area contributed by atoms with Gasteiger partial charge in [-0.3, -0.25) is 0 Å². The Kier molecular flexibility index (Phi) is 7.62. The van der Waals surface area contributed by atoms with E-state index in [1.54, 1.807) is 0 Å². The summed E-state index contributed by atoms with van der Waals surface area (Å²) in [6.45, 7) is 8.16. The van der Waals surface area contributed by atoms with E-state index < -0.39 is 0 Å². The number of rotatable bonds is 3. The van der Waals surface area contributed by atoms with Gasteiger partial charge in [0.05, 0.1) is 0 Å². The van der Waals surface area contributed by atoms with Gasteiger partial charge in [-0.15, -0.1) is 0 Å². The van der Waals surface area contributed by atoms with Crippen molar-refractivity contribution in [1.29, 1.82) is 0 Å². The number of hydrogen-bond donors (Lipinski definition) is 1. The van der Waals surface area contributed by atoms with Crippen molar-refractivity contribution in [3.05, 3.63) is 42.5 Å². The predicted octanol–water partition coefficient (Wildman–Crippen LogP) is 4.09. The molecule has 1 aromatic carbocycles. The Morgan fingerprint density at radius 1 is 1.14 bits per heavy atom. The lowest BCUT2D eigenvalue weighted by molar-refractivity contribution is 0.995. The van der Waals surface area contributed by atoms with Gasteiger partial charge in [0.25, 0.3) is 0 Å². The molecule has 0 aliphatic heterocycles. The van der Waals surface area contributed by atoms with E-state index in [2.05, 4.69) is 36.5 Å². The summed E-state index contributed by atoms with van der Waals surface area (Å²) in [5, 5.41) is 3.36. The normalized spacial score (nSPS) is 11.7. The van der Waals surface area contributed by atoms with Crippen molar-refractivity contribution >= 4 is 5.69 Å². The molecule has 0 saturated heterocycles. The highest BCUT2D eigenvalue weighted by molar-refractivity contribution is 5.44. The van der Waals surface area contributed by atoms with E-state index in [1.165, 1.54) is 5.69 Å². The van der Waals surface area contributed by atoms with Crippen molar-refractivity contribution in [2.45, 2.75) is 33.7 Å². The van der Waals surface area contributed by atoms with Crippen molar-refractivity contribution < 1.29 is 0 Å². The predicted molar refractivity (Wildman–Crippen MR) is 65.7 cm³/mol. The fraction of sp³-hybridized carbons (Fsp3) is 0.385. The molecular weight excluding hydrogens is 170 g/mol. The van der Waals surface area contributed by atoms with Crippen LogP contribution in [0.5, 0.6) is 0 Å². The molecule has 1 nitrogen and oxygen atoms in total. The summed E-state index contributed by atoms with van der Waals surface area (Å²) in [4.78, 5) is 0. The maximum Gasteiger partial charge on any atom is 0.0416 e. The maximum atomic E-state index is 3.36. The fourth-order valence-corrected chi connectivity index (χ4v) is 1.13. The van der Waals surface area contributed by atoms with Crippen LogP contribution >= 0.6 is 0 Å². The Morgan fingerprint density at radius 3 is 2.21 bits per heavy atom. The number of nitrogens with one attached hydrogen (secondary N) is 1. The molecule has 1 heteroatoms. The smallest absolute Gasteiger partial charge is 0.0416 e. The lowest BCUT2D eigenvalue weighted by atomic mass is 10.2. The monoisotopic (exact) mass is 191 g/mol. The largest absolute Gasteiger partial charge is 0.379 e. The molecular formula is C13H21N. The van der Waals surface area contributed by atoms with Gasteiger partial charge < -0.3 is 5.32 Å². The van der Waals surface area contributed by atoms with Gasteiger partial charge in [0.15, 0.2) is 0 Å². The molecule has 0 heterocycles. The Labute approximate surface area is 87.9 Å². The highest BCUT2D eigenvalue weighted by Gasteiger charge is 1.93. The van der Waals surface area contributed by atoms with E-state index in [0.29, 0.717) is 6.04 Å². The first-order valence-electron chi connectivity index (χ1n) is 5.27. The van der Waals surface area contributed by atoms with E-state index in [4.69, 9.17) is 0 Å². The molecule has 1 aromatic rings. The van der Waals surface area contributed by atoms with Crippen molar-refractivity contribution in [1.82, 2.24) is 0 Å². The summed E-state index contributed by atoms with van der Waals surface area (Å²) in [5.41, 5.74) is 1.17. The van der Waals surface area contributed by atoms with Crippen LogP contribution < -0.4 is 5.32 Å². The summed E-state index contributed by atoms with van der Waals surface area (Å²) in [6.07, 6.45) is 4.19. The lowest BCUT2D eigenvalue weighted by Crippen LogP contribution is -2.11. The van der Waals surface area contributed by atoms with Gasteiger partial charge in [0.2, 0.25) is 0 Å². The van der Waals surface area contributed by atoms with Crippen LogP contribution in [0.3, 0.4) is 0 Å². The van der Waals surface area contributed by atoms with Gasteiger partial charge in [-0.05, 0) is 26.0 Å². The topological polar surface area (TPSA) is 12.0 Å². The molecule has 0 radical (unpaired) electrons. The zero-order chi connectivity index (χ0) is 10.8. The Bertz CT molecular complexity index is 239. The Morgan fingerprint density at radius 2 is 1.71 bits per heavy atom. The highest BCUT2D eigenvalue weighted by Crippen LogP contribution is 2.06. The first-order chi connectivity index (χ1) is 6.83. The van der Waals surface area contributed by atoms with E-state index in [-0.39, 0.29) is 0 Å². The standard InChI is InChI=1S/C11H15N.C2H6/c1-3-7-10(2)12-11-8-5-4-6-9-11;1-2/h3-10,12H,1-2H3;1-2H3/b7-3-;. The summed E-state index contributed by atoms with van der Waals surface area (Å²) >= 11 is 0. The SMILES string of the molecule is C/C=C\C(C)Nc1ccccc1.CC. The molecule has 0 aromatic heterocycles. The Hall–Kier alpha value is -1.24. The fourth-order valence-electron chi connectivity index (χ4n) is 1.13. The number of para-hydroxylation sites is 1. The van der Waals surface area contributed by atoms with Gasteiger partial charge in [0, 0.05) is 11.7 Å². The van der Waals surface area contributed by atoms with E-state index in [9.17, 15) is 0 Å². The van der Waals surface area contributed by atoms with Gasteiger partial charge >= 0.3 is 0 Å². The number of allylic oxidation sites excluding steroid dienone is 1. The van der Waals surface area contributed by atoms with Crippen LogP contribution in [0.1, 0.15) is 27.7 Å². The number of hydrogen-bond acceptors (Lipinski definition) is 1. The number of anilines is 1. The molecule has 0 aliphatic carbocycles. The van der Waals surface area contributed by atoms with Crippen LogP contribution in [0.2, 0.25) is 0 Å². The third-order valence-electron chi connectivity index (χ3n) is 1.65. The molecule has 1 atom stereocenters. The molecule has 1 rings (SSSR count). The van der Waals surface area contributed by atoms with E-state index in [1.807, 2.05) is 39.0 Å². The second-order valence-electron chi connectivity index (χ2n) is 2.82. The molecule has 0 fully saturated rings. The van der Waals surface area contributed by atoms with Crippen molar-refractivity contribution in [2.75, 3.05) is 5.32 Å². The average molecular weight is 191 g/mol. The molecule has 1 unspecified atom stereocenters. The van der Waals surface area contributed by atoms with E-state index >= 15 is 0 Å². The van der Waals surface area contributed by atoms with Crippen LogP contribution in [0, 0.1) is 0 Å². The molecule has 78 valence electrons. The van der Waals surface area contributed by atoms with Gasteiger partial charge in [-0.1, -0.05) is 44.2 Å². The highest BCUT2D eigenvalue weighted by atomic mass is 14.9. The van der Waals surface area contributed by atoms with Crippen LogP contribution in [0.4, 0.5) is 5.69 Å². The summed E-state index contributed by atoms with van der Waals surface area (Å²) in [7, 11) is 0. The average Bonchev–Trinajstić information content (AvgIpc) is 2.22. The lowest BCUT2D eigenvalue weighted by Gasteiger charge is -2.10. The second-order valence-corrected chi connectivity index (χ2v) is 2.82. The quantitative estimate of drug-likeness (QED) is 0.710. The molecule has 0 amide bonds. The van der Waals surface area contributed by atoms with Crippen molar-refractivity contribution in [3.63, 3.8) is 0 Å². The summed E-state index contributed by atoms with van der Waals surface area (Å²) < 4.78 is 0. The van der Waals surface area contributed by atoms with Crippen molar-refractivity contribution in [2.24, 2.45) is 0 Å². The third kappa shape index (κ3) is 5.41. The van der Waals surface area contributed by atoms with Gasteiger partial charge in [-0.2, -0.15) is 0 Å². The molecule has 0 saturated carbocycles. The molecule has 0 bridgehead atoms. The molecule has 0 aliphatic rings. The second kappa shape index (κ2) is 8.36. The van der Waals surface area contributed by atoms with Crippen LogP contribution in [-0.4, -0.2) is 6.04 Å². The first-order valence-corrected chi connectivity index (χ1v) is 5.27. The van der Waals surface area contributed by atoms with Crippen LogP contribution in [0.15, 0.2) is 42.5 Å². The number of benzene rings is 1. The summed E-state index contributed by atoms with van der Waals surface area (Å²) in [6, 6.07) is 10.6. The molecule has 0 spiro atoms. The van der Waals surface area contributed by atoms with Crippen LogP contribution in [-0.2, 0) is 0 Å². The third-order valence-corrected chi connectivity index (χ3v) is 1.65. The summed E-state index contributed by atoms with van der Waals surface area (Å²) in [5.74, 6) is 0. The van der Waals surface area contributed by atoms with Gasteiger partial charge in [0.1, 0.15) is 0 Å². The Balaban J connectivity index is 0.000000791. The minimum absolute atomic E-state index is 0.400. The van der Waals surface area contributed by atoms with E-state index in [0.717, 1.165) is 0 Å². The zero-order valence-corrected chi connectivity index (χ0v) is 9.62. The maximum absolute atomic E-state index is 3.36. The molecule has 1 N–H and O–H groups in total. The first kappa shape index (κ1) is 12.8. The van der Waals surface area contributed by atoms with Crippen molar-refractivity contribution in [3.8, 4) is 0 Å².